The Morgan fingerprint density at radius 3 is 1.07 bits per heavy atom. The Morgan fingerprint density at radius 1 is 0.393 bits per heavy atom. The van der Waals surface area contributed by atoms with Crippen LogP contribution in [0.25, 0.3) is 33.3 Å². The maximum atomic E-state index is 9.87. The number of rotatable bonds is 8. The van der Waals surface area contributed by atoms with Crippen molar-refractivity contribution in [3.8, 4) is 22.3 Å². The van der Waals surface area contributed by atoms with Gasteiger partial charge in [0, 0.05) is 40.6 Å². The summed E-state index contributed by atoms with van der Waals surface area (Å²) in [4.78, 5) is 6.39. The number of fused-ring (bicyclic) bond motifs is 1. The Hall–Kier alpha value is -5.51. The largest absolute Gasteiger partial charge is 1.00 e. The minimum Gasteiger partial charge on any atom is -0.311 e. The molecule has 14 heteroatoms. The maximum Gasteiger partial charge on any atom is 1.00 e. The summed E-state index contributed by atoms with van der Waals surface area (Å²) >= 11 is 1.25. The Balaban J connectivity index is 0.000000194. The van der Waals surface area contributed by atoms with Crippen molar-refractivity contribution in [1.29, 1.82) is 0 Å². The molecule has 312 valence electrons. The van der Waals surface area contributed by atoms with E-state index >= 15 is 0 Å². The summed E-state index contributed by atoms with van der Waals surface area (Å²) in [7, 11) is -11.5. The van der Waals surface area contributed by atoms with Crippen molar-refractivity contribution in [2.45, 2.75) is 0 Å². The van der Waals surface area contributed by atoms with E-state index in [0.29, 0.717) is 0 Å². The molecular formula is C47H36AuF6N4P2S+. The normalized spacial score (nSPS) is 12.0. The summed E-state index contributed by atoms with van der Waals surface area (Å²) in [6.45, 7) is 0. The van der Waals surface area contributed by atoms with E-state index in [1.54, 1.807) is 12.4 Å². The second-order valence-electron chi connectivity index (χ2n) is 13.3. The predicted molar refractivity (Wildman–Crippen MR) is 241 cm³/mol. The van der Waals surface area contributed by atoms with Gasteiger partial charge in [-0.05, 0) is 96.1 Å². The summed E-state index contributed by atoms with van der Waals surface area (Å²) in [5.74, 6) is 0. The Labute approximate surface area is 370 Å². The average molecular weight is 1060 g/mol. The van der Waals surface area contributed by atoms with Crippen LogP contribution in [0.5, 0.6) is 0 Å². The molecule has 0 unspecified atom stereocenters. The van der Waals surface area contributed by atoms with Gasteiger partial charge in [-0.3, -0.25) is 4.98 Å². The van der Waals surface area contributed by atoms with Gasteiger partial charge >= 0.3 is 55.4 Å². The van der Waals surface area contributed by atoms with E-state index in [-0.39, 0.29) is 22.4 Å². The smallest absolute Gasteiger partial charge is 0.311 e. The molecule has 9 rings (SSSR count). The van der Waals surface area contributed by atoms with Crippen LogP contribution in [-0.2, 0) is 22.4 Å². The van der Waals surface area contributed by atoms with Gasteiger partial charge in [0.2, 0.25) is 0 Å². The molecule has 9 aromatic rings. The second-order valence-corrected chi connectivity index (χ2v) is 18.3. The number of nitrogens with zero attached hydrogens (tertiary/aromatic N) is 4. The third kappa shape index (κ3) is 13.0. The van der Waals surface area contributed by atoms with Crippen LogP contribution < -0.4 is 20.8 Å². The van der Waals surface area contributed by atoms with Gasteiger partial charge in [-0.25, -0.2) is 0 Å². The van der Waals surface area contributed by atoms with Gasteiger partial charge in [-0.1, -0.05) is 115 Å². The van der Waals surface area contributed by atoms with Gasteiger partial charge in [0.25, 0.3) is 0 Å². The first-order valence-electron chi connectivity index (χ1n) is 18.5. The third-order valence-corrected chi connectivity index (χ3v) is 12.3. The fraction of sp³-hybridized carbons (Fsp3) is 0. The molecule has 0 aliphatic rings. The standard InChI is InChI=1S/C29H20N4S.C18H15P.Au.F6P/c1-3-7-23(8-4-1)33(24-9-5-2-6-10-24)25-13-11-21(12-14-25)26-15-16-27(22-17-19-30-20-18-22)29-28(26)31-34-32-29;1-4-10-16(11-5-1)19(17-12-6-2-7-13-17)18-14-8-3-9-15-18;;1-7(2,3,4,5)6/h1-20H;1-15H;;/q;;+1;-1/p+1. The zero-order valence-electron chi connectivity index (χ0n) is 31.9. The molecule has 0 aliphatic heterocycles. The molecule has 0 N–H and O–H groups in total. The fourth-order valence-corrected chi connectivity index (χ4v) is 9.72. The molecule has 0 saturated carbocycles. The Bertz CT molecular complexity index is 2600. The average Bonchev–Trinajstić information content (AvgIpc) is 3.76. The van der Waals surface area contributed by atoms with Gasteiger partial charge in [-0.2, -0.15) is 8.75 Å². The summed E-state index contributed by atoms with van der Waals surface area (Å²) in [6, 6.07) is 70.3. The van der Waals surface area contributed by atoms with Crippen LogP contribution >= 0.6 is 27.5 Å². The molecule has 2 aromatic heterocycles. The van der Waals surface area contributed by atoms with Crippen molar-refractivity contribution in [3.05, 3.63) is 213 Å². The van der Waals surface area contributed by atoms with E-state index in [1.807, 2.05) is 24.3 Å². The molecule has 0 amide bonds. The van der Waals surface area contributed by atoms with E-state index in [2.05, 4.69) is 195 Å². The minimum absolute atomic E-state index is 0. The molecular weight excluding hydrogens is 1030 g/mol. The van der Waals surface area contributed by atoms with Crippen molar-refractivity contribution in [2.24, 2.45) is 0 Å². The van der Waals surface area contributed by atoms with Crippen LogP contribution in [0.2, 0.25) is 0 Å². The van der Waals surface area contributed by atoms with Crippen molar-refractivity contribution in [2.75, 3.05) is 4.90 Å². The monoisotopic (exact) mass is 1060 g/mol. The zero-order valence-corrected chi connectivity index (χ0v) is 36.8. The molecule has 0 radical (unpaired) electrons. The molecule has 0 bridgehead atoms. The van der Waals surface area contributed by atoms with Crippen LogP contribution in [0.1, 0.15) is 0 Å². The number of para-hydroxylation sites is 2. The van der Waals surface area contributed by atoms with E-state index in [0.717, 1.165) is 50.3 Å². The molecule has 2 heterocycles. The SMILES string of the molecule is F[P-](F)(F)(F)(F)F.[Au+].c1ccc(N(c2ccccc2)c2ccc(-c3ccc(-c4ccncc4)c4nsnc34)cc2)cc1.c1ccc([PH+](c2ccccc2)c2ccccc2)cc1. The first-order chi connectivity index (χ1) is 28.8. The fourth-order valence-electron chi connectivity index (χ4n) is 6.57. The second kappa shape index (κ2) is 19.0. The molecule has 0 saturated heterocycles. The molecule has 61 heavy (non-hydrogen) atoms. The molecule has 0 atom stereocenters. The molecule has 4 nitrogen and oxygen atoms in total. The van der Waals surface area contributed by atoms with Gasteiger partial charge in [0.15, 0.2) is 0 Å². The van der Waals surface area contributed by atoms with Gasteiger partial charge in [0.05, 0.1) is 19.6 Å². The zero-order chi connectivity index (χ0) is 42.1. The number of anilines is 3. The van der Waals surface area contributed by atoms with Crippen LogP contribution in [0, 0.1) is 0 Å². The van der Waals surface area contributed by atoms with Gasteiger partial charge in [-0.15, -0.1) is 0 Å². The van der Waals surface area contributed by atoms with Crippen LogP contribution in [0.4, 0.5) is 42.2 Å². The number of pyridine rings is 1. The minimum atomic E-state index is -10.7. The summed E-state index contributed by atoms with van der Waals surface area (Å²) < 4.78 is 68.4. The van der Waals surface area contributed by atoms with Crippen molar-refractivity contribution in [3.63, 3.8) is 0 Å². The third-order valence-electron chi connectivity index (χ3n) is 9.06. The number of halogens is 6. The van der Waals surface area contributed by atoms with Crippen molar-refractivity contribution in [1.82, 2.24) is 13.7 Å². The Kier molecular flexibility index (Phi) is 14.1. The first-order valence-corrected chi connectivity index (χ1v) is 22.8. The predicted octanol–water partition coefficient (Wildman–Crippen LogP) is 14.4. The van der Waals surface area contributed by atoms with Crippen LogP contribution in [0.15, 0.2) is 213 Å². The van der Waals surface area contributed by atoms with E-state index in [1.165, 1.54) is 27.6 Å². The number of benzene rings is 7. The topological polar surface area (TPSA) is 41.9 Å². The quantitative estimate of drug-likeness (QED) is 0.0864. The summed E-state index contributed by atoms with van der Waals surface area (Å²) in [6.07, 6.45) is 3.61. The molecule has 0 fully saturated rings. The Morgan fingerprint density at radius 2 is 0.705 bits per heavy atom. The summed E-state index contributed by atoms with van der Waals surface area (Å²) in [5, 5.41) is 4.31. The summed E-state index contributed by atoms with van der Waals surface area (Å²) in [5.41, 5.74) is 9.55. The van der Waals surface area contributed by atoms with E-state index < -0.39 is 15.7 Å². The molecule has 7 aromatic carbocycles. The van der Waals surface area contributed by atoms with Gasteiger partial charge < -0.3 is 4.90 Å². The van der Waals surface area contributed by atoms with Crippen molar-refractivity contribution >= 4 is 71.5 Å². The van der Waals surface area contributed by atoms with Crippen molar-refractivity contribution < 1.29 is 47.6 Å². The number of hydrogen-bond acceptors (Lipinski definition) is 5. The molecule has 0 aliphatic carbocycles. The van der Waals surface area contributed by atoms with Crippen LogP contribution in [-0.4, -0.2) is 13.7 Å². The first kappa shape index (κ1) is 45.0. The van der Waals surface area contributed by atoms with E-state index in [4.69, 9.17) is 0 Å². The maximum absolute atomic E-state index is 10.7. The number of aromatic nitrogens is 3. The van der Waals surface area contributed by atoms with Crippen LogP contribution in [0.3, 0.4) is 0 Å². The van der Waals surface area contributed by atoms with Gasteiger partial charge in [0.1, 0.15) is 26.9 Å². The van der Waals surface area contributed by atoms with E-state index in [9.17, 15) is 25.2 Å². The number of hydrogen-bond donors (Lipinski definition) is 0. The molecule has 0 spiro atoms.